The molecule has 0 aliphatic heterocycles. The predicted octanol–water partition coefficient (Wildman–Crippen LogP) is 4.93. The van der Waals surface area contributed by atoms with Gasteiger partial charge in [0.15, 0.2) is 0 Å². The summed E-state index contributed by atoms with van der Waals surface area (Å²) in [5.74, 6) is 0.932. The summed E-state index contributed by atoms with van der Waals surface area (Å²) in [5.41, 5.74) is 1.19. The van der Waals surface area contributed by atoms with Gasteiger partial charge in [-0.25, -0.2) is 0 Å². The van der Waals surface area contributed by atoms with Crippen LogP contribution in [-0.2, 0) is 0 Å². The van der Waals surface area contributed by atoms with Gasteiger partial charge in [0.25, 0.3) is 0 Å². The number of halogens is 1. The highest BCUT2D eigenvalue weighted by atomic mass is 79.9. The maximum absolute atomic E-state index is 5.41. The van der Waals surface area contributed by atoms with Crippen molar-refractivity contribution in [3.05, 3.63) is 50.6 Å². The van der Waals surface area contributed by atoms with Crippen molar-refractivity contribution in [3.8, 4) is 5.75 Å². The van der Waals surface area contributed by atoms with E-state index in [4.69, 9.17) is 4.74 Å². The van der Waals surface area contributed by atoms with Gasteiger partial charge in [0.2, 0.25) is 0 Å². The zero-order valence-corrected chi connectivity index (χ0v) is 13.7. The summed E-state index contributed by atoms with van der Waals surface area (Å²) < 4.78 is 6.56. The number of nitrogens with one attached hydrogen (secondary N) is 1. The summed E-state index contributed by atoms with van der Waals surface area (Å²) in [4.78, 5) is 1.33. The van der Waals surface area contributed by atoms with Crippen LogP contribution in [0.15, 0.2) is 40.2 Å². The van der Waals surface area contributed by atoms with E-state index in [0.717, 1.165) is 10.2 Å². The van der Waals surface area contributed by atoms with Crippen molar-refractivity contribution in [2.45, 2.75) is 25.9 Å². The fourth-order valence-electron chi connectivity index (χ4n) is 2.13. The smallest absolute Gasteiger partial charge is 0.123 e. The van der Waals surface area contributed by atoms with Crippen molar-refractivity contribution in [2.75, 3.05) is 7.11 Å². The average Bonchev–Trinajstić information content (AvgIpc) is 2.85. The lowest BCUT2D eigenvalue weighted by atomic mass is 10.1. The number of rotatable bonds is 5. The first-order chi connectivity index (χ1) is 9.11. The van der Waals surface area contributed by atoms with Gasteiger partial charge in [0, 0.05) is 32.4 Å². The summed E-state index contributed by atoms with van der Waals surface area (Å²) in [6, 6.07) is 10.9. The fraction of sp³-hybridized carbons (Fsp3) is 0.333. The number of ether oxygens (including phenoxy) is 1. The van der Waals surface area contributed by atoms with Crippen molar-refractivity contribution in [1.29, 1.82) is 0 Å². The summed E-state index contributed by atoms with van der Waals surface area (Å²) >= 11 is 5.26. The minimum absolute atomic E-state index is 0.243. The van der Waals surface area contributed by atoms with E-state index >= 15 is 0 Å². The first kappa shape index (κ1) is 14.6. The Kier molecular flexibility index (Phi) is 5.02. The quantitative estimate of drug-likeness (QED) is 0.833. The van der Waals surface area contributed by atoms with E-state index in [1.165, 1.54) is 10.4 Å². The van der Waals surface area contributed by atoms with Gasteiger partial charge in [-0.2, -0.15) is 0 Å². The van der Waals surface area contributed by atoms with E-state index in [0.29, 0.717) is 6.04 Å². The molecule has 1 N–H and O–H groups in total. The maximum Gasteiger partial charge on any atom is 0.123 e. The normalized spacial score (nSPS) is 14.1. The number of methoxy groups -OCH3 is 1. The van der Waals surface area contributed by atoms with E-state index in [9.17, 15) is 0 Å². The Bertz CT molecular complexity index is 540. The van der Waals surface area contributed by atoms with Gasteiger partial charge < -0.3 is 10.1 Å². The Morgan fingerprint density at radius 3 is 2.58 bits per heavy atom. The summed E-state index contributed by atoms with van der Waals surface area (Å²) in [5, 5.41) is 5.72. The minimum Gasteiger partial charge on any atom is -0.496 e. The zero-order valence-electron chi connectivity index (χ0n) is 11.3. The monoisotopic (exact) mass is 339 g/mol. The van der Waals surface area contributed by atoms with Crippen molar-refractivity contribution in [2.24, 2.45) is 0 Å². The molecule has 2 atom stereocenters. The molecule has 0 aliphatic rings. The number of benzene rings is 1. The Labute approximate surface area is 126 Å². The van der Waals surface area contributed by atoms with Crippen LogP contribution in [0, 0.1) is 0 Å². The molecule has 0 fully saturated rings. The number of hydrogen-bond acceptors (Lipinski definition) is 3. The van der Waals surface area contributed by atoms with E-state index in [-0.39, 0.29) is 6.04 Å². The molecular weight excluding hydrogens is 322 g/mol. The van der Waals surface area contributed by atoms with Gasteiger partial charge in [-0.15, -0.1) is 11.3 Å². The Morgan fingerprint density at radius 1 is 1.21 bits per heavy atom. The Hall–Kier alpha value is -0.840. The van der Waals surface area contributed by atoms with E-state index in [2.05, 4.69) is 52.6 Å². The molecule has 2 rings (SSSR count). The van der Waals surface area contributed by atoms with Gasteiger partial charge in [-0.05, 0) is 41.9 Å². The maximum atomic E-state index is 5.41. The van der Waals surface area contributed by atoms with Crippen molar-refractivity contribution < 1.29 is 4.74 Å². The largest absolute Gasteiger partial charge is 0.496 e. The molecule has 2 unspecified atom stereocenters. The molecule has 0 saturated carbocycles. The third-order valence-corrected chi connectivity index (χ3v) is 5.00. The van der Waals surface area contributed by atoms with Crippen molar-refractivity contribution in [3.63, 3.8) is 0 Å². The standard InChI is InChI=1S/C15H18BrNOS/c1-10(13-6-4-5-7-14(13)18-3)17-11(2)15-8-12(16)9-19-15/h4-11,17H,1-3H3. The predicted molar refractivity (Wildman–Crippen MR) is 85.0 cm³/mol. The number of para-hydroxylation sites is 1. The third kappa shape index (κ3) is 3.59. The topological polar surface area (TPSA) is 21.3 Å². The van der Waals surface area contributed by atoms with Crippen LogP contribution in [0.3, 0.4) is 0 Å². The first-order valence-corrected chi connectivity index (χ1v) is 7.92. The molecule has 1 aromatic carbocycles. The van der Waals surface area contributed by atoms with Crippen LogP contribution in [0.4, 0.5) is 0 Å². The Morgan fingerprint density at radius 2 is 1.95 bits per heavy atom. The molecule has 0 bridgehead atoms. The first-order valence-electron chi connectivity index (χ1n) is 6.24. The number of thiophene rings is 1. The minimum atomic E-state index is 0.243. The molecule has 1 heterocycles. The second-order valence-corrected chi connectivity index (χ2v) is 6.38. The molecule has 4 heteroatoms. The molecule has 1 aromatic heterocycles. The van der Waals surface area contributed by atoms with E-state index < -0.39 is 0 Å². The summed E-state index contributed by atoms with van der Waals surface area (Å²) in [7, 11) is 1.71. The molecule has 0 aliphatic carbocycles. The second-order valence-electron chi connectivity index (χ2n) is 4.52. The van der Waals surface area contributed by atoms with Gasteiger partial charge in [-0.3, -0.25) is 0 Å². The lowest BCUT2D eigenvalue weighted by Crippen LogP contribution is -2.22. The van der Waals surface area contributed by atoms with Gasteiger partial charge >= 0.3 is 0 Å². The van der Waals surface area contributed by atoms with Crippen LogP contribution < -0.4 is 10.1 Å². The summed E-state index contributed by atoms with van der Waals surface area (Å²) in [6.07, 6.45) is 0. The molecule has 102 valence electrons. The van der Waals surface area contributed by atoms with Crippen molar-refractivity contribution in [1.82, 2.24) is 5.32 Å². The molecular formula is C15H18BrNOS. The molecule has 0 amide bonds. The molecule has 0 saturated heterocycles. The van der Waals surface area contributed by atoms with Gasteiger partial charge in [0.05, 0.1) is 7.11 Å². The lowest BCUT2D eigenvalue weighted by Gasteiger charge is -2.21. The molecule has 0 radical (unpaired) electrons. The molecule has 2 aromatic rings. The van der Waals surface area contributed by atoms with E-state index in [1.807, 2.05) is 18.2 Å². The highest BCUT2D eigenvalue weighted by Crippen LogP contribution is 2.29. The second kappa shape index (κ2) is 6.55. The van der Waals surface area contributed by atoms with Crippen LogP contribution in [0.1, 0.15) is 36.4 Å². The molecule has 0 spiro atoms. The zero-order chi connectivity index (χ0) is 13.8. The van der Waals surface area contributed by atoms with Crippen LogP contribution in [0.2, 0.25) is 0 Å². The Balaban J connectivity index is 2.10. The van der Waals surface area contributed by atoms with Crippen LogP contribution in [0.5, 0.6) is 5.75 Å². The third-order valence-electron chi connectivity index (χ3n) is 3.12. The van der Waals surface area contributed by atoms with E-state index in [1.54, 1.807) is 18.4 Å². The highest BCUT2D eigenvalue weighted by molar-refractivity contribution is 9.10. The molecule has 2 nitrogen and oxygen atoms in total. The van der Waals surface area contributed by atoms with Crippen LogP contribution in [-0.4, -0.2) is 7.11 Å². The highest BCUT2D eigenvalue weighted by Gasteiger charge is 2.15. The average molecular weight is 340 g/mol. The summed E-state index contributed by atoms with van der Waals surface area (Å²) in [6.45, 7) is 4.35. The van der Waals surface area contributed by atoms with Crippen molar-refractivity contribution >= 4 is 27.3 Å². The SMILES string of the molecule is COc1ccccc1C(C)NC(C)c1cc(Br)cs1. The fourth-order valence-corrected chi connectivity index (χ4v) is 3.59. The van der Waals surface area contributed by atoms with Crippen LogP contribution in [0.25, 0.3) is 0 Å². The molecule has 19 heavy (non-hydrogen) atoms. The lowest BCUT2D eigenvalue weighted by molar-refractivity contribution is 0.397. The number of hydrogen-bond donors (Lipinski definition) is 1. The van der Waals surface area contributed by atoms with Gasteiger partial charge in [-0.1, -0.05) is 18.2 Å². The van der Waals surface area contributed by atoms with Crippen LogP contribution >= 0.6 is 27.3 Å². The van der Waals surface area contributed by atoms with Gasteiger partial charge in [0.1, 0.15) is 5.75 Å².